The Morgan fingerprint density at radius 2 is 1.78 bits per heavy atom. The Morgan fingerprint density at radius 3 is 2.26 bits per heavy atom. The lowest BCUT2D eigenvalue weighted by Gasteiger charge is -2.56. The van der Waals surface area contributed by atoms with Crippen molar-refractivity contribution in [3.8, 4) is 0 Å². The smallest absolute Gasteiger partial charge is 0.216 e. The van der Waals surface area contributed by atoms with Crippen LogP contribution < -0.4 is 10.0 Å². The minimum absolute atomic E-state index is 0.0463. The largest absolute Gasteiger partial charge is 0.309 e. The lowest BCUT2D eigenvalue weighted by Crippen LogP contribution is -2.56. The molecule has 1 aromatic rings. The third-order valence-electron chi connectivity index (χ3n) is 5.37. The van der Waals surface area contributed by atoms with Gasteiger partial charge in [0.25, 0.3) is 0 Å². The third kappa shape index (κ3) is 3.95. The van der Waals surface area contributed by atoms with E-state index in [1.807, 2.05) is 38.1 Å². The molecule has 2 aliphatic rings. The molecule has 2 fully saturated rings. The van der Waals surface area contributed by atoms with Gasteiger partial charge in [0.1, 0.15) is 0 Å². The Bertz CT molecular complexity index is 628. The molecule has 0 amide bonds. The minimum atomic E-state index is -3.24. The van der Waals surface area contributed by atoms with Gasteiger partial charge in [-0.25, -0.2) is 13.1 Å². The van der Waals surface area contributed by atoms with E-state index >= 15 is 0 Å². The minimum Gasteiger partial charge on any atom is -0.309 e. The van der Waals surface area contributed by atoms with Crippen LogP contribution in [0.3, 0.4) is 0 Å². The van der Waals surface area contributed by atoms with Crippen molar-refractivity contribution in [1.29, 1.82) is 0 Å². The Morgan fingerprint density at radius 1 is 1.13 bits per heavy atom. The maximum Gasteiger partial charge on any atom is 0.216 e. The van der Waals surface area contributed by atoms with Gasteiger partial charge >= 0.3 is 0 Å². The Balaban J connectivity index is 1.51. The van der Waals surface area contributed by atoms with Gasteiger partial charge in [-0.3, -0.25) is 0 Å². The van der Waals surface area contributed by atoms with Gasteiger partial charge in [0.05, 0.1) is 5.75 Å². The zero-order valence-corrected chi connectivity index (χ0v) is 15.0. The van der Waals surface area contributed by atoms with E-state index < -0.39 is 10.0 Å². The van der Waals surface area contributed by atoms with Crippen molar-refractivity contribution in [2.75, 3.05) is 0 Å². The SMILES string of the molecule is CC(C)NS(=O)(=O)Cc1ccc(CNC2CCC23CCC3)cc1. The molecule has 0 aromatic heterocycles. The van der Waals surface area contributed by atoms with Crippen molar-refractivity contribution in [1.82, 2.24) is 10.0 Å². The lowest BCUT2D eigenvalue weighted by atomic mass is 9.53. The van der Waals surface area contributed by atoms with E-state index in [0.717, 1.165) is 12.1 Å². The van der Waals surface area contributed by atoms with E-state index in [2.05, 4.69) is 10.0 Å². The molecule has 4 nitrogen and oxygen atoms in total. The highest BCUT2D eigenvalue weighted by Crippen LogP contribution is 2.55. The summed E-state index contributed by atoms with van der Waals surface area (Å²) in [6.45, 7) is 4.55. The number of benzene rings is 1. The van der Waals surface area contributed by atoms with E-state index in [1.54, 1.807) is 0 Å². The monoisotopic (exact) mass is 336 g/mol. The van der Waals surface area contributed by atoms with E-state index in [9.17, 15) is 8.42 Å². The lowest BCUT2D eigenvalue weighted by molar-refractivity contribution is -0.0181. The van der Waals surface area contributed by atoms with Crippen molar-refractivity contribution in [3.05, 3.63) is 35.4 Å². The van der Waals surface area contributed by atoms with Crippen LogP contribution in [0.2, 0.25) is 0 Å². The van der Waals surface area contributed by atoms with E-state index in [1.165, 1.54) is 37.7 Å². The summed E-state index contributed by atoms with van der Waals surface area (Å²) in [6.07, 6.45) is 6.88. The molecule has 2 N–H and O–H groups in total. The summed E-state index contributed by atoms with van der Waals surface area (Å²) in [6, 6.07) is 8.56. The highest BCUT2D eigenvalue weighted by Gasteiger charge is 2.50. The highest BCUT2D eigenvalue weighted by molar-refractivity contribution is 7.88. The van der Waals surface area contributed by atoms with Gasteiger partial charge in [0.15, 0.2) is 0 Å². The number of sulfonamides is 1. The summed E-state index contributed by atoms with van der Waals surface area (Å²) >= 11 is 0. The normalized spacial score (nSPS) is 22.8. The molecule has 0 aliphatic heterocycles. The summed E-state index contributed by atoms with van der Waals surface area (Å²) in [5.41, 5.74) is 2.68. The zero-order valence-electron chi connectivity index (χ0n) is 14.1. The molecule has 0 saturated heterocycles. The molecular formula is C18H28N2O2S. The molecular weight excluding hydrogens is 308 g/mol. The topological polar surface area (TPSA) is 58.2 Å². The summed E-state index contributed by atoms with van der Waals surface area (Å²) < 4.78 is 26.5. The van der Waals surface area contributed by atoms with Crippen molar-refractivity contribution >= 4 is 10.0 Å². The van der Waals surface area contributed by atoms with Crippen LogP contribution in [0.15, 0.2) is 24.3 Å². The second-order valence-electron chi connectivity index (χ2n) is 7.54. The van der Waals surface area contributed by atoms with Gasteiger partial charge in [0.2, 0.25) is 10.0 Å². The molecule has 23 heavy (non-hydrogen) atoms. The molecule has 0 radical (unpaired) electrons. The summed E-state index contributed by atoms with van der Waals surface area (Å²) in [7, 11) is -3.24. The van der Waals surface area contributed by atoms with Crippen LogP contribution >= 0.6 is 0 Å². The van der Waals surface area contributed by atoms with Crippen LogP contribution in [0.1, 0.15) is 57.1 Å². The fourth-order valence-corrected chi connectivity index (χ4v) is 5.29. The first kappa shape index (κ1) is 16.9. The number of nitrogens with one attached hydrogen (secondary N) is 2. The average molecular weight is 337 g/mol. The molecule has 2 aliphatic carbocycles. The number of hydrogen-bond donors (Lipinski definition) is 2. The zero-order chi connectivity index (χ0) is 16.5. The van der Waals surface area contributed by atoms with Crippen LogP contribution in [-0.4, -0.2) is 20.5 Å². The Kier molecular flexibility index (Phi) is 4.81. The van der Waals surface area contributed by atoms with E-state index in [0.29, 0.717) is 11.5 Å². The molecule has 2 saturated carbocycles. The summed E-state index contributed by atoms with van der Waals surface area (Å²) in [5, 5.41) is 3.69. The van der Waals surface area contributed by atoms with Gasteiger partial charge in [0, 0.05) is 18.6 Å². The molecule has 128 valence electrons. The van der Waals surface area contributed by atoms with Crippen molar-refractivity contribution in [2.24, 2.45) is 5.41 Å². The van der Waals surface area contributed by atoms with Crippen molar-refractivity contribution < 1.29 is 8.42 Å². The van der Waals surface area contributed by atoms with Gasteiger partial charge in [-0.15, -0.1) is 0 Å². The standard InChI is InChI=1S/C18H28N2O2S/c1-14(2)20-23(21,22)13-16-6-4-15(5-7-16)12-19-17-8-11-18(17)9-3-10-18/h4-7,14,17,19-20H,3,8-13H2,1-2H3. The second-order valence-corrected chi connectivity index (χ2v) is 9.29. The molecule has 1 unspecified atom stereocenters. The predicted molar refractivity (Wildman–Crippen MR) is 93.5 cm³/mol. The quantitative estimate of drug-likeness (QED) is 0.805. The fourth-order valence-electron chi connectivity index (χ4n) is 3.86. The first-order valence-corrected chi connectivity index (χ1v) is 10.4. The van der Waals surface area contributed by atoms with Crippen molar-refractivity contribution in [2.45, 2.75) is 70.3 Å². The highest BCUT2D eigenvalue weighted by atomic mass is 32.2. The third-order valence-corrected chi connectivity index (χ3v) is 6.91. The molecule has 0 bridgehead atoms. The summed E-state index contributed by atoms with van der Waals surface area (Å²) in [4.78, 5) is 0. The second kappa shape index (κ2) is 6.54. The number of hydrogen-bond acceptors (Lipinski definition) is 3. The molecule has 1 spiro atoms. The van der Waals surface area contributed by atoms with Gasteiger partial charge in [-0.1, -0.05) is 30.7 Å². The maximum atomic E-state index is 11.9. The fraction of sp³-hybridized carbons (Fsp3) is 0.667. The Hall–Kier alpha value is -0.910. The van der Waals surface area contributed by atoms with Gasteiger partial charge in [-0.05, 0) is 56.1 Å². The Labute approximate surface area is 140 Å². The molecule has 1 atom stereocenters. The van der Waals surface area contributed by atoms with E-state index in [-0.39, 0.29) is 11.8 Å². The van der Waals surface area contributed by atoms with E-state index in [4.69, 9.17) is 0 Å². The molecule has 0 heterocycles. The number of rotatable bonds is 7. The molecule has 5 heteroatoms. The van der Waals surface area contributed by atoms with Crippen LogP contribution in [0, 0.1) is 5.41 Å². The molecule has 3 rings (SSSR count). The predicted octanol–water partition coefficient (Wildman–Crippen LogP) is 2.94. The first-order valence-electron chi connectivity index (χ1n) is 8.70. The van der Waals surface area contributed by atoms with Crippen LogP contribution in [0.4, 0.5) is 0 Å². The first-order chi connectivity index (χ1) is 10.9. The van der Waals surface area contributed by atoms with Crippen LogP contribution in [0.5, 0.6) is 0 Å². The van der Waals surface area contributed by atoms with Crippen LogP contribution in [0.25, 0.3) is 0 Å². The van der Waals surface area contributed by atoms with Crippen molar-refractivity contribution in [3.63, 3.8) is 0 Å². The van der Waals surface area contributed by atoms with Gasteiger partial charge in [-0.2, -0.15) is 0 Å². The maximum absolute atomic E-state index is 11.9. The van der Waals surface area contributed by atoms with Crippen LogP contribution in [-0.2, 0) is 22.3 Å². The molecule has 1 aromatic carbocycles. The average Bonchev–Trinajstić information content (AvgIpc) is 2.36. The summed E-state index contributed by atoms with van der Waals surface area (Å²) in [5.74, 6) is 0.0463. The van der Waals surface area contributed by atoms with Gasteiger partial charge < -0.3 is 5.32 Å².